The van der Waals surface area contributed by atoms with Crippen LogP contribution in [0.2, 0.25) is 5.02 Å². The molecular weight excluding hydrogens is 465 g/mol. The third-order valence-electron chi connectivity index (χ3n) is 4.92. The number of methoxy groups -OCH3 is 1. The summed E-state index contributed by atoms with van der Waals surface area (Å²) in [5, 5.41) is 0.178. The van der Waals surface area contributed by atoms with E-state index in [9.17, 15) is 14.0 Å². The summed E-state index contributed by atoms with van der Waals surface area (Å²) in [7, 11) is 1.52. The third kappa shape index (κ3) is 5.38. The highest BCUT2D eigenvalue weighted by molar-refractivity contribution is 8.18. The summed E-state index contributed by atoms with van der Waals surface area (Å²) in [5.41, 5.74) is 2.12. The zero-order chi connectivity index (χ0) is 23.4. The second kappa shape index (κ2) is 10.1. The van der Waals surface area contributed by atoms with Gasteiger partial charge in [0.05, 0.1) is 18.6 Å². The van der Waals surface area contributed by atoms with Crippen molar-refractivity contribution in [3.8, 4) is 11.5 Å². The van der Waals surface area contributed by atoms with Gasteiger partial charge in [0.15, 0.2) is 11.5 Å². The Morgan fingerprint density at radius 1 is 1.03 bits per heavy atom. The van der Waals surface area contributed by atoms with Crippen LogP contribution in [0.25, 0.3) is 6.08 Å². The Hall–Kier alpha value is -3.29. The van der Waals surface area contributed by atoms with Gasteiger partial charge in [-0.15, -0.1) is 0 Å². The largest absolute Gasteiger partial charge is 0.493 e. The van der Waals surface area contributed by atoms with E-state index in [-0.39, 0.29) is 29.1 Å². The number of rotatable bonds is 7. The third-order valence-corrected chi connectivity index (χ3v) is 6.06. The van der Waals surface area contributed by atoms with E-state index >= 15 is 0 Å². The number of para-hydroxylation sites is 1. The molecule has 1 heterocycles. The minimum absolute atomic E-state index is 0.134. The second-order valence-corrected chi connectivity index (χ2v) is 8.62. The first-order valence-electron chi connectivity index (χ1n) is 9.98. The summed E-state index contributed by atoms with van der Waals surface area (Å²) >= 11 is 6.88. The molecule has 1 aliphatic heterocycles. The Bertz CT molecular complexity index is 1230. The molecule has 4 rings (SSSR count). The van der Waals surface area contributed by atoms with Crippen LogP contribution >= 0.6 is 23.4 Å². The molecule has 168 valence electrons. The Balaban J connectivity index is 1.58. The molecule has 0 unspecified atom stereocenters. The standard InChI is InChI=1S/C25H19ClFNO4S/c1-31-21-7-3-5-18(23(21)32-15-16-8-10-20(27)11-9-16)13-22-24(29)28(25(30)33-22)14-17-4-2-6-19(26)12-17/h2-13H,14-15H2,1H3/b22-13-. The minimum atomic E-state index is -0.391. The fourth-order valence-corrected chi connectivity index (χ4v) is 4.34. The zero-order valence-corrected chi connectivity index (χ0v) is 19.2. The molecule has 3 aromatic rings. The van der Waals surface area contributed by atoms with Crippen molar-refractivity contribution in [3.63, 3.8) is 0 Å². The van der Waals surface area contributed by atoms with Gasteiger partial charge in [-0.05, 0) is 59.3 Å². The number of ether oxygens (including phenoxy) is 2. The normalized spacial score (nSPS) is 14.8. The van der Waals surface area contributed by atoms with Crippen LogP contribution in [0.1, 0.15) is 16.7 Å². The van der Waals surface area contributed by atoms with Gasteiger partial charge in [-0.25, -0.2) is 4.39 Å². The zero-order valence-electron chi connectivity index (χ0n) is 17.6. The van der Waals surface area contributed by atoms with Gasteiger partial charge >= 0.3 is 0 Å². The van der Waals surface area contributed by atoms with Crippen LogP contribution in [-0.2, 0) is 17.9 Å². The smallest absolute Gasteiger partial charge is 0.293 e. The number of amides is 2. The van der Waals surface area contributed by atoms with E-state index in [0.717, 1.165) is 22.9 Å². The monoisotopic (exact) mass is 483 g/mol. The molecule has 0 N–H and O–H groups in total. The van der Waals surface area contributed by atoms with E-state index in [1.165, 1.54) is 24.1 Å². The first kappa shape index (κ1) is 22.9. The Morgan fingerprint density at radius 2 is 1.79 bits per heavy atom. The van der Waals surface area contributed by atoms with Crippen molar-refractivity contribution in [2.75, 3.05) is 7.11 Å². The molecule has 0 spiro atoms. The van der Waals surface area contributed by atoms with Crippen LogP contribution in [0.3, 0.4) is 0 Å². The Labute approximate surface area is 199 Å². The van der Waals surface area contributed by atoms with Crippen LogP contribution < -0.4 is 9.47 Å². The number of nitrogens with zero attached hydrogens (tertiary/aromatic N) is 1. The Kier molecular flexibility index (Phi) is 7.01. The average molecular weight is 484 g/mol. The molecule has 1 aliphatic rings. The van der Waals surface area contributed by atoms with Crippen molar-refractivity contribution >= 4 is 40.6 Å². The molecule has 33 heavy (non-hydrogen) atoms. The molecule has 0 saturated carbocycles. The molecule has 1 fully saturated rings. The molecule has 1 saturated heterocycles. The number of halogens is 2. The van der Waals surface area contributed by atoms with Crippen molar-refractivity contribution in [2.45, 2.75) is 13.2 Å². The van der Waals surface area contributed by atoms with Crippen LogP contribution in [-0.4, -0.2) is 23.2 Å². The average Bonchev–Trinajstić information content (AvgIpc) is 3.06. The molecule has 0 aliphatic carbocycles. The number of carbonyl (C=O) groups is 2. The maximum atomic E-state index is 13.2. The predicted molar refractivity (Wildman–Crippen MR) is 127 cm³/mol. The Morgan fingerprint density at radius 3 is 2.52 bits per heavy atom. The van der Waals surface area contributed by atoms with Gasteiger partial charge in [-0.1, -0.05) is 48.0 Å². The predicted octanol–water partition coefficient (Wildman–Crippen LogP) is 6.30. The molecule has 3 aromatic carbocycles. The number of hydrogen-bond donors (Lipinski definition) is 0. The lowest BCUT2D eigenvalue weighted by Crippen LogP contribution is -2.27. The van der Waals surface area contributed by atoms with Crippen LogP contribution in [0.5, 0.6) is 11.5 Å². The fraction of sp³-hybridized carbons (Fsp3) is 0.120. The van der Waals surface area contributed by atoms with E-state index in [4.69, 9.17) is 21.1 Å². The van der Waals surface area contributed by atoms with Gasteiger partial charge in [0.2, 0.25) is 0 Å². The van der Waals surface area contributed by atoms with Crippen LogP contribution in [0.15, 0.2) is 71.6 Å². The maximum absolute atomic E-state index is 13.2. The number of hydrogen-bond acceptors (Lipinski definition) is 5. The van der Waals surface area contributed by atoms with Crippen molar-refractivity contribution in [1.29, 1.82) is 0 Å². The quantitative estimate of drug-likeness (QED) is 0.369. The highest BCUT2D eigenvalue weighted by Gasteiger charge is 2.35. The van der Waals surface area contributed by atoms with E-state index in [0.29, 0.717) is 22.1 Å². The topological polar surface area (TPSA) is 55.8 Å². The van der Waals surface area contributed by atoms with Gasteiger partial charge < -0.3 is 9.47 Å². The summed E-state index contributed by atoms with van der Waals surface area (Å²) < 4.78 is 24.6. The highest BCUT2D eigenvalue weighted by atomic mass is 35.5. The minimum Gasteiger partial charge on any atom is -0.493 e. The first-order valence-corrected chi connectivity index (χ1v) is 11.2. The molecule has 0 bridgehead atoms. The van der Waals surface area contributed by atoms with Crippen molar-refractivity contribution in [1.82, 2.24) is 4.90 Å². The van der Waals surface area contributed by atoms with Gasteiger partial charge in [-0.2, -0.15) is 0 Å². The van der Waals surface area contributed by atoms with E-state index in [1.54, 1.807) is 54.6 Å². The van der Waals surface area contributed by atoms with Crippen LogP contribution in [0, 0.1) is 5.82 Å². The van der Waals surface area contributed by atoms with E-state index in [2.05, 4.69) is 0 Å². The molecular formula is C25H19ClFNO4S. The maximum Gasteiger partial charge on any atom is 0.293 e. The molecule has 0 radical (unpaired) electrons. The number of thioether (sulfide) groups is 1. The van der Waals surface area contributed by atoms with Gasteiger partial charge in [0.25, 0.3) is 11.1 Å². The fourth-order valence-electron chi connectivity index (χ4n) is 3.29. The van der Waals surface area contributed by atoms with Gasteiger partial charge in [-0.3, -0.25) is 14.5 Å². The highest BCUT2D eigenvalue weighted by Crippen LogP contribution is 2.38. The van der Waals surface area contributed by atoms with Crippen molar-refractivity contribution in [2.24, 2.45) is 0 Å². The van der Waals surface area contributed by atoms with E-state index < -0.39 is 5.91 Å². The van der Waals surface area contributed by atoms with Crippen molar-refractivity contribution in [3.05, 3.63) is 99.2 Å². The number of imide groups is 1. The molecule has 5 nitrogen and oxygen atoms in total. The summed E-state index contributed by atoms with van der Waals surface area (Å²) in [5.74, 6) is 0.178. The summed E-state index contributed by atoms with van der Waals surface area (Å²) in [4.78, 5) is 27.0. The number of carbonyl (C=O) groups excluding carboxylic acids is 2. The van der Waals surface area contributed by atoms with Gasteiger partial charge in [0.1, 0.15) is 12.4 Å². The van der Waals surface area contributed by atoms with Gasteiger partial charge in [0, 0.05) is 10.6 Å². The molecule has 0 aromatic heterocycles. The lowest BCUT2D eigenvalue weighted by atomic mass is 10.1. The number of benzene rings is 3. The summed E-state index contributed by atoms with van der Waals surface area (Å²) in [6.07, 6.45) is 1.62. The second-order valence-electron chi connectivity index (χ2n) is 7.19. The van der Waals surface area contributed by atoms with Crippen molar-refractivity contribution < 1.29 is 23.5 Å². The molecule has 0 atom stereocenters. The lowest BCUT2D eigenvalue weighted by Gasteiger charge is -2.14. The SMILES string of the molecule is COc1cccc(/C=C2\SC(=O)N(Cc3cccc(Cl)c3)C2=O)c1OCc1ccc(F)cc1. The van der Waals surface area contributed by atoms with E-state index in [1.807, 2.05) is 6.07 Å². The molecule has 8 heteroatoms. The molecule has 2 amide bonds. The summed E-state index contributed by atoms with van der Waals surface area (Å²) in [6, 6.07) is 18.3. The van der Waals surface area contributed by atoms with Crippen LogP contribution in [0.4, 0.5) is 9.18 Å². The summed E-state index contributed by atoms with van der Waals surface area (Å²) in [6.45, 7) is 0.312. The first-order chi connectivity index (χ1) is 15.9. The lowest BCUT2D eigenvalue weighted by molar-refractivity contribution is -0.123.